The highest BCUT2D eigenvalue weighted by Crippen LogP contribution is 2.32. The smallest absolute Gasteiger partial charge is 0.334 e. The molecule has 0 N–H and O–H groups in total. The van der Waals surface area contributed by atoms with E-state index in [-0.39, 0.29) is 24.0 Å². The maximum atomic E-state index is 10.8. The molecule has 0 aliphatic rings. The fourth-order valence-electron chi connectivity index (χ4n) is 1.04. The van der Waals surface area contributed by atoms with Gasteiger partial charge < -0.3 is 4.74 Å². The van der Waals surface area contributed by atoms with Gasteiger partial charge in [-0.1, -0.05) is 0 Å². The number of hydrogen-bond acceptors (Lipinski definition) is 5. The standard InChI is InChI=1S/C9H9BrN2O4/c1-5(13)4-16-9-8(12(14)15)6(2)7(10)3-11-9/h3H,4H2,1-2H3. The zero-order valence-electron chi connectivity index (χ0n) is 8.69. The predicted molar refractivity (Wildman–Crippen MR) is 59.5 cm³/mol. The van der Waals surface area contributed by atoms with E-state index in [2.05, 4.69) is 20.9 Å². The molecule has 0 saturated heterocycles. The zero-order valence-corrected chi connectivity index (χ0v) is 10.3. The first-order valence-electron chi connectivity index (χ1n) is 4.35. The number of ether oxygens (including phenoxy) is 1. The van der Waals surface area contributed by atoms with Crippen LogP contribution in [0.25, 0.3) is 0 Å². The Morgan fingerprint density at radius 2 is 2.31 bits per heavy atom. The van der Waals surface area contributed by atoms with Gasteiger partial charge in [-0.25, -0.2) is 4.98 Å². The van der Waals surface area contributed by atoms with Gasteiger partial charge in [-0.05, 0) is 29.8 Å². The second-order valence-electron chi connectivity index (χ2n) is 3.13. The van der Waals surface area contributed by atoms with E-state index in [0.29, 0.717) is 10.0 Å². The summed E-state index contributed by atoms with van der Waals surface area (Å²) in [5.74, 6) is -0.363. The third-order valence-electron chi connectivity index (χ3n) is 1.81. The fourth-order valence-corrected chi connectivity index (χ4v) is 1.33. The first-order chi connectivity index (χ1) is 7.43. The molecule has 1 heterocycles. The third kappa shape index (κ3) is 2.75. The summed E-state index contributed by atoms with van der Waals surface area (Å²) in [6.07, 6.45) is 1.40. The minimum absolute atomic E-state index is 0.138. The van der Waals surface area contributed by atoms with Gasteiger partial charge >= 0.3 is 5.69 Å². The van der Waals surface area contributed by atoms with E-state index in [0.717, 1.165) is 0 Å². The number of hydrogen-bond donors (Lipinski definition) is 0. The maximum Gasteiger partial charge on any atom is 0.334 e. The van der Waals surface area contributed by atoms with Crippen molar-refractivity contribution in [3.63, 3.8) is 0 Å². The van der Waals surface area contributed by atoms with E-state index in [4.69, 9.17) is 4.74 Å². The number of carbonyl (C=O) groups excluding carboxylic acids is 1. The largest absolute Gasteiger partial charge is 0.465 e. The van der Waals surface area contributed by atoms with Gasteiger partial charge in [0.1, 0.15) is 6.61 Å². The molecule has 0 spiro atoms. The van der Waals surface area contributed by atoms with Crippen molar-refractivity contribution in [1.29, 1.82) is 0 Å². The lowest BCUT2D eigenvalue weighted by Crippen LogP contribution is -2.09. The molecule has 0 unspecified atom stereocenters. The SMILES string of the molecule is CC(=O)COc1ncc(Br)c(C)c1[N+](=O)[O-]. The molecular weight excluding hydrogens is 280 g/mol. The molecular formula is C9H9BrN2O4. The van der Waals surface area contributed by atoms with Crippen LogP contribution < -0.4 is 4.74 Å². The number of Topliss-reactive ketones (excluding diaryl/α,β-unsaturated/α-hetero) is 1. The topological polar surface area (TPSA) is 82.3 Å². The Kier molecular flexibility index (Phi) is 3.94. The second-order valence-corrected chi connectivity index (χ2v) is 3.99. The molecule has 0 radical (unpaired) electrons. The highest BCUT2D eigenvalue weighted by Gasteiger charge is 2.22. The number of pyridine rings is 1. The highest BCUT2D eigenvalue weighted by atomic mass is 79.9. The summed E-state index contributed by atoms with van der Waals surface area (Å²) in [6.45, 7) is 2.68. The van der Waals surface area contributed by atoms with E-state index in [1.807, 2.05) is 0 Å². The van der Waals surface area contributed by atoms with Gasteiger partial charge in [0.15, 0.2) is 5.78 Å². The van der Waals surface area contributed by atoms with Crippen molar-refractivity contribution in [3.8, 4) is 5.88 Å². The molecule has 0 atom stereocenters. The normalized spacial score (nSPS) is 9.94. The first kappa shape index (κ1) is 12.6. The second kappa shape index (κ2) is 5.02. The van der Waals surface area contributed by atoms with Crippen LogP contribution in [0.15, 0.2) is 10.7 Å². The summed E-state index contributed by atoms with van der Waals surface area (Å²) >= 11 is 3.14. The number of nitro groups is 1. The van der Waals surface area contributed by atoms with Crippen molar-refractivity contribution in [2.45, 2.75) is 13.8 Å². The van der Waals surface area contributed by atoms with Crippen molar-refractivity contribution in [2.75, 3.05) is 6.61 Å². The van der Waals surface area contributed by atoms with Gasteiger partial charge in [0, 0.05) is 16.2 Å². The van der Waals surface area contributed by atoms with Crippen LogP contribution in [0.5, 0.6) is 5.88 Å². The average Bonchev–Trinajstić information content (AvgIpc) is 2.19. The van der Waals surface area contributed by atoms with Crippen LogP contribution in [0, 0.1) is 17.0 Å². The molecule has 1 rings (SSSR count). The van der Waals surface area contributed by atoms with Crippen molar-refractivity contribution in [2.24, 2.45) is 0 Å². The van der Waals surface area contributed by atoms with Gasteiger partial charge in [0.05, 0.1) is 4.92 Å². The quantitative estimate of drug-likeness (QED) is 0.625. The zero-order chi connectivity index (χ0) is 12.3. The van der Waals surface area contributed by atoms with E-state index in [9.17, 15) is 14.9 Å². The summed E-state index contributed by atoms with van der Waals surface area (Å²) in [5.41, 5.74) is 0.189. The Hall–Kier alpha value is -1.50. The molecule has 0 bridgehead atoms. The Morgan fingerprint density at radius 1 is 1.69 bits per heavy atom. The Labute approximate surface area is 99.9 Å². The summed E-state index contributed by atoms with van der Waals surface area (Å²) in [5, 5.41) is 10.8. The minimum atomic E-state index is -0.581. The molecule has 0 saturated carbocycles. The molecule has 86 valence electrons. The molecule has 0 aliphatic heterocycles. The summed E-state index contributed by atoms with van der Waals surface area (Å²) in [7, 11) is 0. The number of halogens is 1. The van der Waals surface area contributed by atoms with Gasteiger partial charge in [0.2, 0.25) is 0 Å². The monoisotopic (exact) mass is 288 g/mol. The molecule has 1 aromatic heterocycles. The van der Waals surface area contributed by atoms with Crippen molar-refractivity contribution >= 4 is 27.4 Å². The molecule has 6 nitrogen and oxygen atoms in total. The van der Waals surface area contributed by atoms with Gasteiger partial charge in [0.25, 0.3) is 5.88 Å². The number of aromatic nitrogens is 1. The van der Waals surface area contributed by atoms with Crippen LogP contribution >= 0.6 is 15.9 Å². The molecule has 16 heavy (non-hydrogen) atoms. The van der Waals surface area contributed by atoms with Gasteiger partial charge in [-0.2, -0.15) is 0 Å². The van der Waals surface area contributed by atoms with Crippen LogP contribution in [0.1, 0.15) is 12.5 Å². The molecule has 0 aromatic carbocycles. The van der Waals surface area contributed by atoms with Crippen LogP contribution in [0.3, 0.4) is 0 Å². The molecule has 0 aliphatic carbocycles. The molecule has 7 heteroatoms. The number of carbonyl (C=O) groups is 1. The van der Waals surface area contributed by atoms with Crippen LogP contribution in [0.2, 0.25) is 0 Å². The Bertz CT molecular complexity index is 447. The van der Waals surface area contributed by atoms with Crippen LogP contribution in [-0.2, 0) is 4.79 Å². The highest BCUT2D eigenvalue weighted by molar-refractivity contribution is 9.10. The number of ketones is 1. The number of nitrogens with zero attached hydrogens (tertiary/aromatic N) is 2. The minimum Gasteiger partial charge on any atom is -0.465 e. The van der Waals surface area contributed by atoms with E-state index >= 15 is 0 Å². The lowest BCUT2D eigenvalue weighted by atomic mass is 10.2. The molecule has 1 aromatic rings. The van der Waals surface area contributed by atoms with Crippen LogP contribution in [0.4, 0.5) is 5.69 Å². The molecule has 0 amide bonds. The van der Waals surface area contributed by atoms with Crippen molar-refractivity contribution < 1.29 is 14.5 Å². The number of rotatable bonds is 4. The van der Waals surface area contributed by atoms with E-state index in [1.54, 1.807) is 6.92 Å². The lowest BCUT2D eigenvalue weighted by molar-refractivity contribution is -0.386. The van der Waals surface area contributed by atoms with Crippen molar-refractivity contribution in [3.05, 3.63) is 26.3 Å². The Morgan fingerprint density at radius 3 is 2.81 bits per heavy atom. The predicted octanol–water partition coefficient (Wildman–Crippen LogP) is 2.03. The average molecular weight is 289 g/mol. The summed E-state index contributed by atoms with van der Waals surface area (Å²) in [4.78, 5) is 24.7. The van der Waals surface area contributed by atoms with Gasteiger partial charge in [-0.3, -0.25) is 14.9 Å². The third-order valence-corrected chi connectivity index (χ3v) is 2.61. The summed E-state index contributed by atoms with van der Waals surface area (Å²) < 4.78 is 5.50. The van der Waals surface area contributed by atoms with Gasteiger partial charge in [-0.15, -0.1) is 0 Å². The van der Waals surface area contributed by atoms with E-state index < -0.39 is 4.92 Å². The maximum absolute atomic E-state index is 10.8. The first-order valence-corrected chi connectivity index (χ1v) is 5.14. The summed E-state index contributed by atoms with van der Waals surface area (Å²) in [6, 6.07) is 0. The van der Waals surface area contributed by atoms with Crippen LogP contribution in [-0.4, -0.2) is 22.3 Å². The van der Waals surface area contributed by atoms with Crippen molar-refractivity contribution in [1.82, 2.24) is 4.98 Å². The van der Waals surface area contributed by atoms with E-state index in [1.165, 1.54) is 13.1 Å². The Balaban J connectivity index is 3.13. The molecule has 0 fully saturated rings. The lowest BCUT2D eigenvalue weighted by Gasteiger charge is -2.06. The fraction of sp³-hybridized carbons (Fsp3) is 0.333.